The van der Waals surface area contributed by atoms with Gasteiger partial charge in [-0.05, 0) is 41.8 Å². The van der Waals surface area contributed by atoms with Crippen molar-refractivity contribution in [1.82, 2.24) is 14.5 Å². The number of hydrogen-bond donors (Lipinski definition) is 0. The lowest BCUT2D eigenvalue weighted by molar-refractivity contribution is 0.0980. The van der Waals surface area contributed by atoms with Crippen LogP contribution in [-0.2, 0) is 13.0 Å². The molecule has 4 rings (SSSR count). The van der Waals surface area contributed by atoms with Crippen LogP contribution in [0.3, 0.4) is 0 Å². The fourth-order valence-electron chi connectivity index (χ4n) is 3.00. The van der Waals surface area contributed by atoms with Crippen molar-refractivity contribution < 1.29 is 4.79 Å². The first kappa shape index (κ1) is 14.9. The zero-order valence-corrected chi connectivity index (χ0v) is 13.6. The number of carbonyl (C=O) groups is 1. The van der Waals surface area contributed by atoms with Crippen LogP contribution in [0, 0.1) is 0 Å². The van der Waals surface area contributed by atoms with E-state index < -0.39 is 0 Å². The number of carbonyl (C=O) groups excluding carboxylic acids is 1. The van der Waals surface area contributed by atoms with E-state index >= 15 is 0 Å². The zero-order chi connectivity index (χ0) is 16.5. The van der Waals surface area contributed by atoms with Gasteiger partial charge < -0.3 is 9.47 Å². The maximum absolute atomic E-state index is 12.8. The standard InChI is InChI=1S/C18H15ClN4O/c19-15-1-2-17-14(8-15)3-5-23(18(17)24)16-7-13(9-21-10-16)11-22-6-4-20-12-22/h1-2,4,6-10,12H,3,5,11H2. The summed E-state index contributed by atoms with van der Waals surface area (Å²) >= 11 is 6.02. The largest absolute Gasteiger partial charge is 0.333 e. The second-order valence-corrected chi connectivity index (χ2v) is 6.23. The highest BCUT2D eigenvalue weighted by Gasteiger charge is 2.25. The van der Waals surface area contributed by atoms with Crippen LogP contribution in [0.25, 0.3) is 0 Å². The second kappa shape index (κ2) is 6.09. The number of benzene rings is 1. The summed E-state index contributed by atoms with van der Waals surface area (Å²) in [6.07, 6.45) is 9.74. The lowest BCUT2D eigenvalue weighted by Gasteiger charge is -2.28. The van der Waals surface area contributed by atoms with E-state index in [1.807, 2.05) is 29.1 Å². The molecule has 2 aromatic heterocycles. The Balaban J connectivity index is 1.62. The fraction of sp³-hybridized carbons (Fsp3) is 0.167. The van der Waals surface area contributed by atoms with Gasteiger partial charge in [-0.3, -0.25) is 9.78 Å². The van der Waals surface area contributed by atoms with Crippen LogP contribution in [-0.4, -0.2) is 27.0 Å². The van der Waals surface area contributed by atoms with Crippen LogP contribution >= 0.6 is 11.6 Å². The van der Waals surface area contributed by atoms with Gasteiger partial charge in [0.05, 0.1) is 24.8 Å². The molecule has 0 N–H and O–H groups in total. The Morgan fingerprint density at radius 3 is 2.92 bits per heavy atom. The fourth-order valence-corrected chi connectivity index (χ4v) is 3.20. The first-order valence-electron chi connectivity index (χ1n) is 7.71. The molecule has 6 heteroatoms. The Morgan fingerprint density at radius 2 is 2.08 bits per heavy atom. The van der Waals surface area contributed by atoms with E-state index in [4.69, 9.17) is 11.6 Å². The Labute approximate surface area is 144 Å². The lowest BCUT2D eigenvalue weighted by Crippen LogP contribution is -2.37. The van der Waals surface area contributed by atoms with Crippen molar-refractivity contribution in [3.63, 3.8) is 0 Å². The van der Waals surface area contributed by atoms with Gasteiger partial charge in [0.15, 0.2) is 0 Å². The smallest absolute Gasteiger partial charge is 0.258 e. The van der Waals surface area contributed by atoms with Gasteiger partial charge in [-0.2, -0.15) is 0 Å². The van der Waals surface area contributed by atoms with Crippen LogP contribution < -0.4 is 4.90 Å². The third-order valence-corrected chi connectivity index (χ3v) is 4.40. The van der Waals surface area contributed by atoms with Gasteiger partial charge in [-0.25, -0.2) is 4.98 Å². The minimum atomic E-state index is -0.00509. The Morgan fingerprint density at radius 1 is 1.17 bits per heavy atom. The van der Waals surface area contributed by atoms with E-state index in [-0.39, 0.29) is 5.91 Å². The third kappa shape index (κ3) is 2.78. The van der Waals surface area contributed by atoms with E-state index in [9.17, 15) is 4.79 Å². The van der Waals surface area contributed by atoms with Crippen molar-refractivity contribution >= 4 is 23.2 Å². The van der Waals surface area contributed by atoms with Crippen molar-refractivity contribution in [3.8, 4) is 0 Å². The normalized spacial score (nSPS) is 13.9. The molecule has 1 aromatic carbocycles. The van der Waals surface area contributed by atoms with Gasteiger partial charge in [0.25, 0.3) is 5.91 Å². The minimum absolute atomic E-state index is 0.00509. The second-order valence-electron chi connectivity index (χ2n) is 5.79. The minimum Gasteiger partial charge on any atom is -0.333 e. The molecule has 0 aliphatic carbocycles. The van der Waals surface area contributed by atoms with E-state index in [2.05, 4.69) is 9.97 Å². The molecule has 0 spiro atoms. The van der Waals surface area contributed by atoms with E-state index in [1.165, 1.54) is 0 Å². The number of amides is 1. The van der Waals surface area contributed by atoms with Crippen LogP contribution in [0.15, 0.2) is 55.4 Å². The van der Waals surface area contributed by atoms with Gasteiger partial charge in [-0.1, -0.05) is 11.6 Å². The number of rotatable bonds is 3. The van der Waals surface area contributed by atoms with Crippen LogP contribution in [0.1, 0.15) is 21.5 Å². The number of imidazole rings is 1. The van der Waals surface area contributed by atoms with Crippen molar-refractivity contribution in [1.29, 1.82) is 0 Å². The highest BCUT2D eigenvalue weighted by Crippen LogP contribution is 2.26. The molecule has 0 atom stereocenters. The van der Waals surface area contributed by atoms with Gasteiger partial charge in [0.1, 0.15) is 0 Å². The molecule has 3 heterocycles. The van der Waals surface area contributed by atoms with Gasteiger partial charge >= 0.3 is 0 Å². The molecule has 1 aliphatic rings. The summed E-state index contributed by atoms with van der Waals surface area (Å²) in [5.41, 5.74) is 3.57. The first-order chi connectivity index (χ1) is 11.7. The Hall–Kier alpha value is -2.66. The van der Waals surface area contributed by atoms with Crippen molar-refractivity contribution in [2.45, 2.75) is 13.0 Å². The Kier molecular flexibility index (Phi) is 3.78. The Bertz CT molecular complexity index is 892. The number of hydrogen-bond acceptors (Lipinski definition) is 3. The topological polar surface area (TPSA) is 51.0 Å². The number of aromatic nitrogens is 3. The summed E-state index contributed by atoms with van der Waals surface area (Å²) in [5, 5.41) is 0.666. The molecule has 1 aliphatic heterocycles. The highest BCUT2D eigenvalue weighted by atomic mass is 35.5. The average molecular weight is 339 g/mol. The zero-order valence-electron chi connectivity index (χ0n) is 12.9. The number of pyridine rings is 1. The maximum atomic E-state index is 12.8. The maximum Gasteiger partial charge on any atom is 0.258 e. The summed E-state index contributed by atoms with van der Waals surface area (Å²) in [7, 11) is 0. The molecule has 0 bridgehead atoms. The predicted octanol–water partition coefficient (Wildman–Crippen LogP) is 3.18. The quantitative estimate of drug-likeness (QED) is 0.737. The molecule has 5 nitrogen and oxygen atoms in total. The molecule has 120 valence electrons. The van der Waals surface area contributed by atoms with Gasteiger partial charge in [0.2, 0.25) is 0 Å². The van der Waals surface area contributed by atoms with Gasteiger partial charge in [-0.15, -0.1) is 0 Å². The number of fused-ring (bicyclic) bond motifs is 1. The first-order valence-corrected chi connectivity index (χ1v) is 8.08. The molecule has 0 fully saturated rings. The SMILES string of the molecule is O=C1c2ccc(Cl)cc2CCN1c1cncc(Cn2ccnc2)c1. The molecule has 0 unspecified atom stereocenters. The number of halogens is 1. The van der Waals surface area contributed by atoms with Crippen LogP contribution in [0.5, 0.6) is 0 Å². The summed E-state index contributed by atoms with van der Waals surface area (Å²) in [6, 6.07) is 7.44. The molecular weight excluding hydrogens is 324 g/mol. The highest BCUT2D eigenvalue weighted by molar-refractivity contribution is 6.30. The monoisotopic (exact) mass is 338 g/mol. The predicted molar refractivity (Wildman–Crippen MR) is 92.4 cm³/mol. The summed E-state index contributed by atoms with van der Waals surface area (Å²) in [5.74, 6) is -0.00509. The number of anilines is 1. The molecular formula is C18H15ClN4O. The van der Waals surface area contributed by atoms with Crippen LogP contribution in [0.2, 0.25) is 5.02 Å². The lowest BCUT2D eigenvalue weighted by atomic mass is 9.98. The number of nitrogens with zero attached hydrogens (tertiary/aromatic N) is 4. The average Bonchev–Trinajstić information content (AvgIpc) is 3.08. The van der Waals surface area contributed by atoms with E-state index in [1.54, 1.807) is 35.8 Å². The third-order valence-electron chi connectivity index (χ3n) is 4.16. The van der Waals surface area contributed by atoms with Crippen molar-refractivity contribution in [3.05, 3.63) is 77.1 Å². The van der Waals surface area contributed by atoms with E-state index in [0.717, 1.165) is 23.2 Å². The molecule has 1 amide bonds. The molecule has 24 heavy (non-hydrogen) atoms. The van der Waals surface area contributed by atoms with Crippen molar-refractivity contribution in [2.24, 2.45) is 0 Å². The summed E-state index contributed by atoms with van der Waals surface area (Å²) in [4.78, 5) is 22.9. The molecule has 3 aromatic rings. The summed E-state index contributed by atoms with van der Waals surface area (Å²) in [6.45, 7) is 1.30. The van der Waals surface area contributed by atoms with E-state index in [0.29, 0.717) is 23.7 Å². The van der Waals surface area contributed by atoms with Gasteiger partial charge in [0, 0.05) is 35.7 Å². The summed E-state index contributed by atoms with van der Waals surface area (Å²) < 4.78 is 1.97. The molecule has 0 radical (unpaired) electrons. The molecule has 0 saturated carbocycles. The van der Waals surface area contributed by atoms with Crippen molar-refractivity contribution in [2.75, 3.05) is 11.4 Å². The molecule has 0 saturated heterocycles. The van der Waals surface area contributed by atoms with Crippen LogP contribution in [0.4, 0.5) is 5.69 Å².